The number of rotatable bonds is 5. The van der Waals surface area contributed by atoms with Gasteiger partial charge >= 0.3 is 0 Å². The van der Waals surface area contributed by atoms with Crippen molar-refractivity contribution < 1.29 is 14.2 Å². The summed E-state index contributed by atoms with van der Waals surface area (Å²) in [6.45, 7) is 3.93. The molecule has 1 aromatic rings. The maximum atomic E-state index is 6.10. The highest BCUT2D eigenvalue weighted by Crippen LogP contribution is 2.43. The first kappa shape index (κ1) is 14.7. The van der Waals surface area contributed by atoms with Crippen molar-refractivity contribution in [2.45, 2.75) is 18.9 Å². The Hall–Kier alpha value is -1.39. The summed E-state index contributed by atoms with van der Waals surface area (Å²) in [5.74, 6) is 2.03. The molecule has 0 aliphatic carbocycles. The topological polar surface area (TPSA) is 53.7 Å². The van der Waals surface area contributed by atoms with Crippen LogP contribution in [0.25, 0.3) is 0 Å². The van der Waals surface area contributed by atoms with Crippen LogP contribution in [0.2, 0.25) is 0 Å². The number of allylic oxidation sites excluding steroid dienone is 1. The first-order valence-electron chi connectivity index (χ1n) is 5.60. The lowest BCUT2D eigenvalue weighted by Gasteiger charge is -2.13. The predicted molar refractivity (Wildman–Crippen MR) is 72.7 cm³/mol. The van der Waals surface area contributed by atoms with E-state index >= 15 is 0 Å². The summed E-state index contributed by atoms with van der Waals surface area (Å²) in [5.41, 5.74) is 7.09. The van der Waals surface area contributed by atoms with E-state index in [1.54, 1.807) is 7.11 Å². The molecule has 18 heavy (non-hydrogen) atoms. The van der Waals surface area contributed by atoms with Crippen molar-refractivity contribution >= 4 is 12.4 Å². The van der Waals surface area contributed by atoms with Crippen molar-refractivity contribution in [2.24, 2.45) is 5.73 Å². The molecule has 1 aliphatic rings. The molecule has 1 aliphatic heterocycles. The summed E-state index contributed by atoms with van der Waals surface area (Å²) in [5, 5.41) is 0. The SMILES string of the molecule is C=CCC[C@@H](N)c1cc(OC)c2c(c1)OCO2.Cl. The maximum absolute atomic E-state index is 6.10. The maximum Gasteiger partial charge on any atom is 0.231 e. The highest BCUT2D eigenvalue weighted by Gasteiger charge is 2.21. The number of ether oxygens (including phenoxy) is 3. The molecule has 0 radical (unpaired) electrons. The molecule has 0 fully saturated rings. The number of benzene rings is 1. The minimum atomic E-state index is -0.0450. The van der Waals surface area contributed by atoms with Crippen LogP contribution in [0.15, 0.2) is 24.8 Å². The molecule has 4 nitrogen and oxygen atoms in total. The van der Waals surface area contributed by atoms with Crippen LogP contribution in [0.4, 0.5) is 0 Å². The molecule has 0 saturated carbocycles. The van der Waals surface area contributed by atoms with Crippen LogP contribution in [0.1, 0.15) is 24.4 Å². The van der Waals surface area contributed by atoms with Gasteiger partial charge in [-0.3, -0.25) is 0 Å². The molecular formula is C13H18ClNO3. The fraction of sp³-hybridized carbons (Fsp3) is 0.385. The molecule has 0 amide bonds. The van der Waals surface area contributed by atoms with E-state index in [9.17, 15) is 0 Å². The van der Waals surface area contributed by atoms with Gasteiger partial charge < -0.3 is 19.9 Å². The van der Waals surface area contributed by atoms with E-state index in [2.05, 4.69) is 6.58 Å². The van der Waals surface area contributed by atoms with Crippen molar-refractivity contribution in [1.82, 2.24) is 0 Å². The molecule has 2 rings (SSSR count). The normalized spacial score (nSPS) is 13.7. The molecule has 0 unspecified atom stereocenters. The molecule has 5 heteroatoms. The van der Waals surface area contributed by atoms with Crippen LogP contribution in [-0.4, -0.2) is 13.9 Å². The highest BCUT2D eigenvalue weighted by atomic mass is 35.5. The lowest BCUT2D eigenvalue weighted by molar-refractivity contribution is 0.171. The van der Waals surface area contributed by atoms with Gasteiger partial charge in [0.05, 0.1) is 7.11 Å². The number of hydrogen-bond acceptors (Lipinski definition) is 4. The van der Waals surface area contributed by atoms with Crippen LogP contribution in [0.3, 0.4) is 0 Å². The number of methoxy groups -OCH3 is 1. The lowest BCUT2D eigenvalue weighted by Crippen LogP contribution is -2.10. The molecule has 0 saturated heterocycles. The molecule has 0 bridgehead atoms. The molecule has 100 valence electrons. The van der Waals surface area contributed by atoms with Gasteiger partial charge in [0.1, 0.15) is 0 Å². The first-order valence-corrected chi connectivity index (χ1v) is 5.60. The average molecular weight is 272 g/mol. The molecule has 1 heterocycles. The first-order chi connectivity index (χ1) is 8.26. The van der Waals surface area contributed by atoms with E-state index in [-0.39, 0.29) is 25.2 Å². The molecule has 0 aromatic heterocycles. The number of hydrogen-bond donors (Lipinski definition) is 1. The largest absolute Gasteiger partial charge is 0.493 e. The zero-order valence-corrected chi connectivity index (χ0v) is 11.2. The Morgan fingerprint density at radius 3 is 2.94 bits per heavy atom. The van der Waals surface area contributed by atoms with Crippen LogP contribution >= 0.6 is 12.4 Å². The molecule has 1 aromatic carbocycles. The fourth-order valence-electron chi connectivity index (χ4n) is 1.83. The fourth-order valence-corrected chi connectivity index (χ4v) is 1.83. The van der Waals surface area contributed by atoms with Gasteiger partial charge in [0.25, 0.3) is 0 Å². The number of nitrogens with two attached hydrogens (primary N) is 1. The number of halogens is 1. The van der Waals surface area contributed by atoms with Gasteiger partial charge in [-0.1, -0.05) is 6.08 Å². The Bertz CT molecular complexity index is 423. The Labute approximate surface area is 113 Å². The van der Waals surface area contributed by atoms with Gasteiger partial charge in [0.15, 0.2) is 11.5 Å². The van der Waals surface area contributed by atoms with Crippen LogP contribution in [0, 0.1) is 0 Å². The van der Waals surface area contributed by atoms with E-state index in [0.717, 1.165) is 18.4 Å². The third kappa shape index (κ3) is 2.89. The second-order valence-electron chi connectivity index (χ2n) is 3.93. The summed E-state index contributed by atoms with van der Waals surface area (Å²) in [7, 11) is 1.61. The van der Waals surface area contributed by atoms with Crippen molar-refractivity contribution in [3.8, 4) is 17.2 Å². The summed E-state index contributed by atoms with van der Waals surface area (Å²) >= 11 is 0. The Morgan fingerprint density at radius 2 is 2.28 bits per heavy atom. The second-order valence-corrected chi connectivity index (χ2v) is 3.93. The van der Waals surface area contributed by atoms with E-state index in [1.165, 1.54) is 0 Å². The van der Waals surface area contributed by atoms with E-state index in [1.807, 2.05) is 18.2 Å². The molecule has 2 N–H and O–H groups in total. The van der Waals surface area contributed by atoms with Crippen LogP contribution < -0.4 is 19.9 Å². The van der Waals surface area contributed by atoms with Gasteiger partial charge in [-0.25, -0.2) is 0 Å². The lowest BCUT2D eigenvalue weighted by atomic mass is 10.0. The van der Waals surface area contributed by atoms with Gasteiger partial charge in [-0.15, -0.1) is 19.0 Å². The Balaban J connectivity index is 0.00000162. The van der Waals surface area contributed by atoms with E-state index in [0.29, 0.717) is 17.2 Å². The molecular weight excluding hydrogens is 254 g/mol. The minimum absolute atomic E-state index is 0. The minimum Gasteiger partial charge on any atom is -0.493 e. The Morgan fingerprint density at radius 1 is 1.50 bits per heavy atom. The van der Waals surface area contributed by atoms with Crippen molar-refractivity contribution in [2.75, 3.05) is 13.9 Å². The smallest absolute Gasteiger partial charge is 0.231 e. The monoisotopic (exact) mass is 271 g/mol. The van der Waals surface area contributed by atoms with E-state index < -0.39 is 0 Å². The molecule has 1 atom stereocenters. The summed E-state index contributed by atoms with van der Waals surface area (Å²) in [6, 6.07) is 3.77. The predicted octanol–water partition coefficient (Wildman–Crippen LogP) is 2.81. The summed E-state index contributed by atoms with van der Waals surface area (Å²) in [6.07, 6.45) is 3.61. The quantitative estimate of drug-likeness (QED) is 0.837. The number of fused-ring (bicyclic) bond motifs is 1. The highest BCUT2D eigenvalue weighted by molar-refractivity contribution is 5.85. The van der Waals surface area contributed by atoms with Gasteiger partial charge in [-0.05, 0) is 30.5 Å². The second kappa shape index (κ2) is 6.52. The van der Waals surface area contributed by atoms with Gasteiger partial charge in [0.2, 0.25) is 12.5 Å². The van der Waals surface area contributed by atoms with Crippen molar-refractivity contribution in [3.63, 3.8) is 0 Å². The van der Waals surface area contributed by atoms with Gasteiger partial charge in [0, 0.05) is 6.04 Å². The summed E-state index contributed by atoms with van der Waals surface area (Å²) in [4.78, 5) is 0. The third-order valence-corrected chi connectivity index (χ3v) is 2.79. The Kier molecular flexibility index (Phi) is 5.31. The van der Waals surface area contributed by atoms with E-state index in [4.69, 9.17) is 19.9 Å². The van der Waals surface area contributed by atoms with Crippen LogP contribution in [-0.2, 0) is 0 Å². The van der Waals surface area contributed by atoms with Gasteiger partial charge in [-0.2, -0.15) is 0 Å². The third-order valence-electron chi connectivity index (χ3n) is 2.79. The van der Waals surface area contributed by atoms with Crippen molar-refractivity contribution in [3.05, 3.63) is 30.4 Å². The zero-order valence-electron chi connectivity index (χ0n) is 10.3. The zero-order chi connectivity index (χ0) is 12.3. The van der Waals surface area contributed by atoms with Crippen molar-refractivity contribution in [1.29, 1.82) is 0 Å². The average Bonchev–Trinajstić information content (AvgIpc) is 2.82. The summed E-state index contributed by atoms with van der Waals surface area (Å²) < 4.78 is 16.0. The standard InChI is InChI=1S/C13H17NO3.ClH/c1-3-4-5-10(14)9-6-11(15-2)13-12(7-9)16-8-17-13;/h3,6-7,10H,1,4-5,8,14H2,2H3;1H/t10-;/m1./s1. The van der Waals surface area contributed by atoms with Crippen LogP contribution in [0.5, 0.6) is 17.2 Å². The molecule has 0 spiro atoms.